The van der Waals surface area contributed by atoms with Crippen LogP contribution in [0, 0.1) is 17.6 Å². The van der Waals surface area contributed by atoms with Crippen LogP contribution in [-0.4, -0.2) is 65.0 Å². The molecule has 9 heteroatoms. The molecule has 28 heavy (non-hydrogen) atoms. The minimum Gasteiger partial charge on any atom is -0.481 e. The number of urea groups is 1. The number of aliphatic carboxylic acids is 1. The van der Waals surface area contributed by atoms with E-state index < -0.39 is 29.1 Å². The number of hydrogen-bond donors (Lipinski definition) is 2. The van der Waals surface area contributed by atoms with Crippen molar-refractivity contribution in [3.05, 3.63) is 35.4 Å². The van der Waals surface area contributed by atoms with Crippen molar-refractivity contribution in [2.24, 2.45) is 5.92 Å². The number of hydrogen-bond acceptors (Lipinski definition) is 3. The molecule has 1 aliphatic heterocycles. The molecule has 3 rings (SSSR count). The third kappa shape index (κ3) is 4.40. The second-order valence-electron chi connectivity index (χ2n) is 7.21. The maximum atomic E-state index is 13.8. The van der Waals surface area contributed by atoms with Gasteiger partial charge in [-0.25, -0.2) is 13.6 Å². The Hall–Kier alpha value is -2.71. The van der Waals surface area contributed by atoms with Crippen LogP contribution in [0.25, 0.3) is 0 Å². The van der Waals surface area contributed by atoms with Crippen molar-refractivity contribution in [1.29, 1.82) is 0 Å². The molecule has 2 fully saturated rings. The Balaban J connectivity index is 1.49. The number of piperazine rings is 1. The zero-order valence-corrected chi connectivity index (χ0v) is 15.4. The van der Waals surface area contributed by atoms with E-state index in [0.717, 1.165) is 12.1 Å². The molecule has 152 valence electrons. The van der Waals surface area contributed by atoms with E-state index in [1.807, 2.05) is 0 Å². The fourth-order valence-corrected chi connectivity index (χ4v) is 3.72. The van der Waals surface area contributed by atoms with E-state index in [1.54, 1.807) is 4.90 Å². The predicted molar refractivity (Wildman–Crippen MR) is 95.7 cm³/mol. The van der Waals surface area contributed by atoms with E-state index in [0.29, 0.717) is 25.7 Å². The van der Waals surface area contributed by atoms with Gasteiger partial charge >= 0.3 is 12.0 Å². The maximum absolute atomic E-state index is 13.8. The van der Waals surface area contributed by atoms with Gasteiger partial charge in [0.05, 0.1) is 5.92 Å². The highest BCUT2D eigenvalue weighted by molar-refractivity contribution is 5.95. The predicted octanol–water partition coefficient (Wildman–Crippen LogP) is 2.08. The van der Waals surface area contributed by atoms with Crippen LogP contribution in [-0.2, 0) is 4.79 Å². The summed E-state index contributed by atoms with van der Waals surface area (Å²) in [7, 11) is 0. The van der Waals surface area contributed by atoms with Gasteiger partial charge in [0.25, 0.3) is 5.91 Å². The van der Waals surface area contributed by atoms with Gasteiger partial charge in [0, 0.05) is 32.2 Å². The van der Waals surface area contributed by atoms with Gasteiger partial charge in [-0.1, -0.05) is 6.07 Å². The molecular weight excluding hydrogens is 372 g/mol. The van der Waals surface area contributed by atoms with Crippen LogP contribution in [0.5, 0.6) is 0 Å². The molecule has 2 aliphatic rings. The number of carbonyl (C=O) groups is 3. The van der Waals surface area contributed by atoms with Crippen LogP contribution in [0.15, 0.2) is 18.2 Å². The largest absolute Gasteiger partial charge is 0.481 e. The van der Waals surface area contributed by atoms with E-state index >= 15 is 0 Å². The summed E-state index contributed by atoms with van der Waals surface area (Å²) in [6, 6.07) is 2.96. The molecule has 1 saturated carbocycles. The van der Waals surface area contributed by atoms with Gasteiger partial charge in [0.1, 0.15) is 17.2 Å². The van der Waals surface area contributed by atoms with E-state index in [1.165, 1.54) is 11.0 Å². The second kappa shape index (κ2) is 8.53. The van der Waals surface area contributed by atoms with Crippen molar-refractivity contribution in [3.63, 3.8) is 0 Å². The number of carboxylic acids is 1. The van der Waals surface area contributed by atoms with Crippen molar-refractivity contribution in [2.45, 2.75) is 31.7 Å². The molecule has 0 spiro atoms. The van der Waals surface area contributed by atoms with Crippen molar-refractivity contribution in [3.8, 4) is 0 Å². The summed E-state index contributed by atoms with van der Waals surface area (Å²) in [6.07, 6.45) is 2.31. The van der Waals surface area contributed by atoms with Crippen molar-refractivity contribution >= 4 is 17.9 Å². The number of carbonyl (C=O) groups excluding carboxylic acids is 2. The van der Waals surface area contributed by atoms with Crippen molar-refractivity contribution in [2.75, 3.05) is 26.2 Å². The lowest BCUT2D eigenvalue weighted by Crippen LogP contribution is -2.55. The van der Waals surface area contributed by atoms with Crippen LogP contribution in [0.1, 0.15) is 36.0 Å². The highest BCUT2D eigenvalue weighted by Gasteiger charge is 2.30. The zero-order valence-electron chi connectivity index (χ0n) is 15.4. The topological polar surface area (TPSA) is 89.9 Å². The third-order valence-corrected chi connectivity index (χ3v) is 5.43. The van der Waals surface area contributed by atoms with Gasteiger partial charge in [-0.05, 0) is 37.8 Å². The number of carboxylic acid groups (broad SMARTS) is 1. The van der Waals surface area contributed by atoms with Gasteiger partial charge in [-0.15, -0.1) is 0 Å². The first-order chi connectivity index (χ1) is 13.4. The number of rotatable bonds is 3. The van der Waals surface area contributed by atoms with Crippen LogP contribution < -0.4 is 5.32 Å². The molecule has 2 N–H and O–H groups in total. The molecule has 1 aromatic rings. The summed E-state index contributed by atoms with van der Waals surface area (Å²) in [5.41, 5.74) is -0.574. The van der Waals surface area contributed by atoms with Gasteiger partial charge in [-0.2, -0.15) is 0 Å². The average molecular weight is 395 g/mol. The summed E-state index contributed by atoms with van der Waals surface area (Å²) in [6.45, 7) is 0.897. The minimum absolute atomic E-state index is 0.0599. The summed E-state index contributed by atoms with van der Waals surface area (Å²) in [5.74, 6) is -3.66. The van der Waals surface area contributed by atoms with E-state index in [2.05, 4.69) is 5.32 Å². The van der Waals surface area contributed by atoms with Gasteiger partial charge in [-0.3, -0.25) is 9.59 Å². The smallest absolute Gasteiger partial charge is 0.317 e. The molecule has 3 amide bonds. The Morgan fingerprint density at radius 2 is 1.46 bits per heavy atom. The lowest BCUT2D eigenvalue weighted by Gasteiger charge is -2.36. The minimum atomic E-state index is -0.901. The molecule has 1 aliphatic carbocycles. The molecule has 0 unspecified atom stereocenters. The number of amides is 3. The first-order valence-electron chi connectivity index (χ1n) is 9.38. The highest BCUT2D eigenvalue weighted by atomic mass is 19.1. The molecule has 1 aromatic carbocycles. The quantitative estimate of drug-likeness (QED) is 0.820. The molecule has 1 heterocycles. The van der Waals surface area contributed by atoms with E-state index in [4.69, 9.17) is 5.11 Å². The third-order valence-electron chi connectivity index (χ3n) is 5.43. The number of nitrogens with zero attached hydrogens (tertiary/aromatic N) is 2. The number of halogens is 2. The van der Waals surface area contributed by atoms with Gasteiger partial charge in [0.2, 0.25) is 0 Å². The molecule has 0 bridgehead atoms. The molecule has 1 saturated heterocycles. The highest BCUT2D eigenvalue weighted by Crippen LogP contribution is 2.24. The summed E-state index contributed by atoms with van der Waals surface area (Å²) >= 11 is 0. The number of nitrogens with one attached hydrogen (secondary N) is 1. The summed E-state index contributed by atoms with van der Waals surface area (Å²) < 4.78 is 27.6. The summed E-state index contributed by atoms with van der Waals surface area (Å²) in [4.78, 5) is 38.7. The Morgan fingerprint density at radius 3 is 2.00 bits per heavy atom. The SMILES string of the molecule is O=C(O)C1CCC(NC(=O)N2CCN(C(=O)c3c(F)cccc3F)CC2)CC1. The van der Waals surface area contributed by atoms with Gasteiger partial charge < -0.3 is 20.2 Å². The number of benzene rings is 1. The first kappa shape index (κ1) is 20.0. The fourth-order valence-electron chi connectivity index (χ4n) is 3.72. The zero-order chi connectivity index (χ0) is 20.3. The molecule has 7 nitrogen and oxygen atoms in total. The molecule has 0 aromatic heterocycles. The van der Waals surface area contributed by atoms with E-state index in [-0.39, 0.29) is 44.2 Å². The summed E-state index contributed by atoms with van der Waals surface area (Å²) in [5, 5.41) is 11.9. The Labute approximate surface area is 161 Å². The van der Waals surface area contributed by atoms with Crippen LogP contribution in [0.4, 0.5) is 13.6 Å². The van der Waals surface area contributed by atoms with Gasteiger partial charge in [0.15, 0.2) is 0 Å². The van der Waals surface area contributed by atoms with E-state index in [9.17, 15) is 23.2 Å². The van der Waals surface area contributed by atoms with Crippen LogP contribution >= 0.6 is 0 Å². The Morgan fingerprint density at radius 1 is 0.929 bits per heavy atom. The van der Waals surface area contributed by atoms with Crippen molar-refractivity contribution < 1.29 is 28.3 Å². The maximum Gasteiger partial charge on any atom is 0.317 e. The molecular formula is C19H23F2N3O4. The monoisotopic (exact) mass is 395 g/mol. The fraction of sp³-hybridized carbons (Fsp3) is 0.526. The Kier molecular flexibility index (Phi) is 6.11. The lowest BCUT2D eigenvalue weighted by atomic mass is 9.86. The van der Waals surface area contributed by atoms with Crippen LogP contribution in [0.3, 0.4) is 0 Å². The molecule has 0 atom stereocenters. The second-order valence-corrected chi connectivity index (χ2v) is 7.21. The first-order valence-corrected chi connectivity index (χ1v) is 9.38. The van der Waals surface area contributed by atoms with Crippen molar-refractivity contribution in [1.82, 2.24) is 15.1 Å². The Bertz CT molecular complexity index is 737. The van der Waals surface area contributed by atoms with Crippen LogP contribution in [0.2, 0.25) is 0 Å². The average Bonchev–Trinajstić information content (AvgIpc) is 2.68. The standard InChI is InChI=1S/C19H23F2N3O4/c20-14-2-1-3-15(21)16(14)17(25)23-8-10-24(11-9-23)19(28)22-13-6-4-12(5-7-13)18(26)27/h1-3,12-13H,4-11H2,(H,22,28)(H,26,27). The normalized spacial score (nSPS) is 22.6. The lowest BCUT2D eigenvalue weighted by molar-refractivity contribution is -0.142. The molecule has 0 radical (unpaired) electrons.